The Morgan fingerprint density at radius 3 is 1.84 bits per heavy atom. The third-order valence-electron chi connectivity index (χ3n) is 13.9. The Kier molecular flexibility index (Phi) is 37.6. The average molecular weight is 1230 g/mol. The second-order valence-corrected chi connectivity index (χ2v) is 29.0. The van der Waals surface area contributed by atoms with Crippen LogP contribution in [0, 0.1) is 17.8 Å². The predicted molar refractivity (Wildman–Crippen MR) is 329 cm³/mol. The standard InChI is InChI=1S/C61H103N7O17Si/c1-16-41(5)52(57(73)74)66-51(69)39-67(11)56(72)49(38-47-23-25-48(26-24-47)83-61(78)64-28-20-30-80-32-34-81-33-31-79-29-19-27-63-60(77)82-35-36-86(13,14)15)68(12)55(71)46(10)65-54(70)50(37-40(3)4)84-58(75)44(8)22-18-21-43(7)53(42(6)17-2)85-59(76)45(9)62/h17,22-26,40-41,43,45-46,49-50,52-53H,16,18-21,27-39,62H2,1-15H3,(H,63,77)(H,64,78)(H,65,70)(H,66,69)(H,73,74)/b42-17+,44-22+/t41-,43+,45-,46+,49-,50-,52+,53-/m1/s1. The molecule has 1 aromatic carbocycles. The lowest BCUT2D eigenvalue weighted by Crippen LogP contribution is -2.56. The van der Waals surface area contributed by atoms with Crippen LogP contribution < -0.4 is 31.7 Å². The molecule has 86 heavy (non-hydrogen) atoms. The largest absolute Gasteiger partial charge is 0.480 e. The van der Waals surface area contributed by atoms with Gasteiger partial charge in [0.05, 0.1) is 39.6 Å². The number of hydrogen-bond acceptors (Lipinski definition) is 17. The van der Waals surface area contributed by atoms with Gasteiger partial charge in [0.1, 0.15) is 36.0 Å². The number of alkyl carbamates (subject to hydrolysis) is 1. The van der Waals surface area contributed by atoms with Crippen molar-refractivity contribution < 1.29 is 81.4 Å². The van der Waals surface area contributed by atoms with E-state index in [1.165, 1.54) is 33.2 Å². The van der Waals surface area contributed by atoms with Crippen molar-refractivity contribution in [3.8, 4) is 5.75 Å². The van der Waals surface area contributed by atoms with Crippen molar-refractivity contribution in [1.29, 1.82) is 0 Å². The first-order valence-corrected chi connectivity index (χ1v) is 33.6. The van der Waals surface area contributed by atoms with Gasteiger partial charge in [0.25, 0.3) is 5.91 Å². The van der Waals surface area contributed by atoms with Crippen molar-refractivity contribution in [2.24, 2.45) is 23.5 Å². The third-order valence-corrected chi connectivity index (χ3v) is 15.6. The van der Waals surface area contributed by atoms with Crippen LogP contribution in [0.4, 0.5) is 9.59 Å². The molecule has 0 heterocycles. The number of carbonyl (C=O) groups excluding carboxylic acids is 8. The molecule has 7 N–H and O–H groups in total. The molecule has 25 heteroatoms. The van der Waals surface area contributed by atoms with E-state index < -0.39 is 111 Å². The number of allylic oxidation sites excluding steroid dienone is 2. The van der Waals surface area contributed by atoms with Gasteiger partial charge in [-0.2, -0.15) is 0 Å². The van der Waals surface area contributed by atoms with E-state index in [9.17, 15) is 48.3 Å². The van der Waals surface area contributed by atoms with Crippen LogP contribution in [-0.2, 0) is 68.4 Å². The highest BCUT2D eigenvalue weighted by atomic mass is 28.3. The Bertz CT molecular complexity index is 2350. The van der Waals surface area contributed by atoms with Gasteiger partial charge in [-0.25, -0.2) is 19.2 Å². The first-order valence-electron chi connectivity index (χ1n) is 29.9. The van der Waals surface area contributed by atoms with Crippen molar-refractivity contribution in [2.75, 3.05) is 80.0 Å². The van der Waals surface area contributed by atoms with E-state index >= 15 is 0 Å². The number of nitrogens with zero attached hydrogens (tertiary/aromatic N) is 2. The zero-order valence-electron chi connectivity index (χ0n) is 53.8. The SMILES string of the molecule is C/C=C(\C)[C@@H](OC(=O)[C@@H](C)N)[C@@H](C)CC/C=C(\C)C(=O)O[C@H](CC(C)C)C(=O)N[C@@H](C)C(=O)N(C)[C@H](Cc1ccc(OC(=O)NCCCOCCOCCOCCCNC(=O)OCC[Si](C)(C)C)cc1)C(=O)N(C)CC(=O)N[C@H](C(=O)O)[C@H](C)CC. The zero-order chi connectivity index (χ0) is 65.1. The Hall–Kier alpha value is -6.41. The maximum atomic E-state index is 14.3. The van der Waals surface area contributed by atoms with E-state index in [0.29, 0.717) is 90.5 Å². The number of likely N-dealkylation sites (N-methyl/N-ethyl adjacent to an activating group) is 2. The third kappa shape index (κ3) is 32.4. The number of nitrogens with one attached hydrogen (secondary N) is 4. The van der Waals surface area contributed by atoms with Gasteiger partial charge in [-0.05, 0) is 114 Å². The smallest absolute Gasteiger partial charge is 0.412 e. The van der Waals surface area contributed by atoms with Gasteiger partial charge >= 0.3 is 30.1 Å². The number of rotatable bonds is 42. The highest BCUT2D eigenvalue weighted by Crippen LogP contribution is 2.23. The average Bonchev–Trinajstić information content (AvgIpc) is 3.05. The number of aliphatic carboxylic acids is 1. The predicted octanol–water partition coefficient (Wildman–Crippen LogP) is 6.16. The van der Waals surface area contributed by atoms with Crippen molar-refractivity contribution in [2.45, 2.75) is 176 Å². The molecule has 1 aromatic rings. The lowest BCUT2D eigenvalue weighted by Gasteiger charge is -2.33. The molecule has 6 amide bonds. The minimum atomic E-state index is -1.29. The maximum absolute atomic E-state index is 14.3. The van der Waals surface area contributed by atoms with Gasteiger partial charge in [-0.3, -0.25) is 24.0 Å². The monoisotopic (exact) mass is 1230 g/mol. The summed E-state index contributed by atoms with van der Waals surface area (Å²) in [5.74, 6) is -5.81. The fourth-order valence-electron chi connectivity index (χ4n) is 8.21. The van der Waals surface area contributed by atoms with Crippen molar-refractivity contribution in [3.63, 3.8) is 0 Å². The molecule has 0 bridgehead atoms. The summed E-state index contributed by atoms with van der Waals surface area (Å²) in [5.41, 5.74) is 7.37. The molecule has 0 spiro atoms. The number of carbonyl (C=O) groups is 9. The van der Waals surface area contributed by atoms with E-state index in [1.807, 2.05) is 40.7 Å². The lowest BCUT2D eigenvalue weighted by atomic mass is 9.93. The number of hydrogen-bond donors (Lipinski definition) is 6. The minimum absolute atomic E-state index is 0.104. The quantitative estimate of drug-likeness (QED) is 0.0107. The molecular weight excluding hydrogens is 1130 g/mol. The van der Waals surface area contributed by atoms with Crippen LogP contribution >= 0.6 is 0 Å². The van der Waals surface area contributed by atoms with Crippen LogP contribution in [0.1, 0.15) is 113 Å². The molecule has 0 aliphatic rings. The molecule has 0 saturated carbocycles. The summed E-state index contributed by atoms with van der Waals surface area (Å²) < 4.78 is 38.7. The molecule has 0 radical (unpaired) electrons. The molecule has 0 aliphatic carbocycles. The number of benzene rings is 1. The summed E-state index contributed by atoms with van der Waals surface area (Å²) >= 11 is 0. The molecule has 0 saturated heterocycles. The first kappa shape index (κ1) is 77.6. The Labute approximate surface area is 511 Å². The Morgan fingerprint density at radius 1 is 0.744 bits per heavy atom. The second-order valence-electron chi connectivity index (χ2n) is 23.4. The van der Waals surface area contributed by atoms with Crippen molar-refractivity contribution >= 4 is 61.8 Å². The van der Waals surface area contributed by atoms with Gasteiger partial charge in [0.15, 0.2) is 6.10 Å². The van der Waals surface area contributed by atoms with Crippen LogP contribution in [0.2, 0.25) is 25.7 Å². The molecule has 0 aliphatic heterocycles. The van der Waals surface area contributed by atoms with Gasteiger partial charge in [-0.1, -0.05) is 85.0 Å². The van der Waals surface area contributed by atoms with Crippen molar-refractivity contribution in [3.05, 3.63) is 53.1 Å². The molecular formula is C61H103N7O17Si. The summed E-state index contributed by atoms with van der Waals surface area (Å²) in [7, 11) is 1.46. The molecule has 0 unspecified atom stereocenters. The number of ether oxygens (including phenoxy) is 7. The number of carboxylic acids is 1. The van der Waals surface area contributed by atoms with E-state index in [2.05, 4.69) is 40.9 Å². The normalized spacial score (nSPS) is 14.7. The van der Waals surface area contributed by atoms with Crippen molar-refractivity contribution in [1.82, 2.24) is 31.1 Å². The van der Waals surface area contributed by atoms with E-state index in [1.54, 1.807) is 45.9 Å². The van der Waals surface area contributed by atoms with E-state index in [-0.39, 0.29) is 42.5 Å². The lowest BCUT2D eigenvalue weighted by molar-refractivity contribution is -0.154. The summed E-state index contributed by atoms with van der Waals surface area (Å²) in [5, 5.41) is 20.3. The molecule has 0 fully saturated rings. The number of amides is 6. The zero-order valence-corrected chi connectivity index (χ0v) is 54.8. The maximum Gasteiger partial charge on any atom is 0.412 e. The van der Waals surface area contributed by atoms with Crippen LogP contribution in [0.15, 0.2) is 47.6 Å². The van der Waals surface area contributed by atoms with Gasteiger partial charge < -0.3 is 75.1 Å². The topological polar surface area (TPSA) is 319 Å². The highest BCUT2D eigenvalue weighted by Gasteiger charge is 2.35. The van der Waals surface area contributed by atoms with Gasteiger partial charge in [0, 0.05) is 60.5 Å². The van der Waals surface area contributed by atoms with Gasteiger partial charge in [0.2, 0.25) is 17.7 Å². The second kappa shape index (κ2) is 41.6. The fraction of sp³-hybridized carbons (Fsp3) is 0.689. The summed E-state index contributed by atoms with van der Waals surface area (Å²) in [6.07, 6.45) is 3.22. The fourth-order valence-corrected chi connectivity index (χ4v) is 8.92. The summed E-state index contributed by atoms with van der Waals surface area (Å²) in [4.78, 5) is 120. The van der Waals surface area contributed by atoms with Crippen LogP contribution in [0.5, 0.6) is 5.75 Å². The van der Waals surface area contributed by atoms with E-state index in [4.69, 9.17) is 38.9 Å². The number of nitrogens with two attached hydrogens (primary N) is 1. The van der Waals surface area contributed by atoms with Gasteiger partial charge in [-0.15, -0.1) is 0 Å². The summed E-state index contributed by atoms with van der Waals surface area (Å²) in [6, 6.07) is 2.62. The van der Waals surface area contributed by atoms with Crippen LogP contribution in [-0.4, -0.2) is 193 Å². The molecule has 8 atom stereocenters. The van der Waals surface area contributed by atoms with Crippen LogP contribution in [0.25, 0.3) is 0 Å². The first-order chi connectivity index (χ1) is 40.4. The molecule has 488 valence electrons. The molecule has 24 nitrogen and oxygen atoms in total. The summed E-state index contributed by atoms with van der Waals surface area (Å²) in [6.45, 7) is 26.9. The Morgan fingerprint density at radius 2 is 1.31 bits per heavy atom. The molecule has 1 rings (SSSR count). The number of esters is 2. The number of carboxylic acid groups (broad SMARTS) is 1. The highest BCUT2D eigenvalue weighted by molar-refractivity contribution is 6.76. The molecule has 0 aromatic heterocycles. The Balaban J connectivity index is 2.98. The minimum Gasteiger partial charge on any atom is -0.480 e. The van der Waals surface area contributed by atoms with Crippen LogP contribution in [0.3, 0.4) is 0 Å². The van der Waals surface area contributed by atoms with E-state index in [0.717, 1.165) is 21.4 Å².